The Hall–Kier alpha value is -2.82. The maximum Gasteiger partial charge on any atom is 0.251 e. The first-order chi connectivity index (χ1) is 11.1. The molecule has 2 aromatic carbocycles. The number of carbonyl (C=O) groups excluding carboxylic acids is 1. The van der Waals surface area contributed by atoms with Gasteiger partial charge in [-0.15, -0.1) is 0 Å². The molecule has 0 aliphatic heterocycles. The minimum Gasteiger partial charge on any atom is -0.399 e. The number of anilines is 2. The van der Waals surface area contributed by atoms with Gasteiger partial charge in [-0.3, -0.25) is 4.79 Å². The van der Waals surface area contributed by atoms with Crippen molar-refractivity contribution in [2.75, 3.05) is 25.1 Å². The van der Waals surface area contributed by atoms with E-state index in [1.54, 1.807) is 19.2 Å². The zero-order chi connectivity index (χ0) is 16.8. The molecule has 0 aromatic heterocycles. The van der Waals surface area contributed by atoms with Crippen LogP contribution in [0.15, 0.2) is 36.4 Å². The van der Waals surface area contributed by atoms with Gasteiger partial charge in [0.05, 0.1) is 0 Å². The number of amides is 1. The standard InChI is InChI=1S/C18H22N4O/c1-21-17-8-4-12(9-15(17)11-19)3-5-13-10-14(18(23)22-2)6-7-16(13)20/h4,6-11,19,21H,3,5,20H2,1-2H3,(H,22,23). The van der Waals surface area contributed by atoms with Gasteiger partial charge < -0.3 is 21.8 Å². The van der Waals surface area contributed by atoms with Crippen LogP contribution in [0.4, 0.5) is 11.4 Å². The van der Waals surface area contributed by atoms with Gasteiger partial charge in [0.1, 0.15) is 0 Å². The number of carbonyl (C=O) groups is 1. The van der Waals surface area contributed by atoms with Crippen LogP contribution in [0.1, 0.15) is 27.0 Å². The number of nitrogens with one attached hydrogen (secondary N) is 3. The lowest BCUT2D eigenvalue weighted by molar-refractivity contribution is 0.0963. The molecule has 1 amide bonds. The molecular weight excluding hydrogens is 288 g/mol. The van der Waals surface area contributed by atoms with Crippen molar-refractivity contribution >= 4 is 23.5 Å². The van der Waals surface area contributed by atoms with Crippen molar-refractivity contribution in [2.45, 2.75) is 12.8 Å². The summed E-state index contributed by atoms with van der Waals surface area (Å²) in [6.07, 6.45) is 2.88. The SMILES string of the molecule is CNC(=O)c1ccc(N)c(CCc2ccc(NC)c(C=N)c2)c1. The van der Waals surface area contributed by atoms with E-state index >= 15 is 0 Å². The van der Waals surface area contributed by atoms with Gasteiger partial charge in [-0.2, -0.15) is 0 Å². The maximum atomic E-state index is 11.7. The lowest BCUT2D eigenvalue weighted by Crippen LogP contribution is -2.18. The van der Waals surface area contributed by atoms with Crippen molar-refractivity contribution in [3.63, 3.8) is 0 Å². The number of nitrogens with two attached hydrogens (primary N) is 1. The summed E-state index contributed by atoms with van der Waals surface area (Å²) >= 11 is 0. The quantitative estimate of drug-likeness (QED) is 0.488. The van der Waals surface area contributed by atoms with Crippen LogP contribution in [-0.2, 0) is 12.8 Å². The fourth-order valence-corrected chi connectivity index (χ4v) is 2.50. The van der Waals surface area contributed by atoms with Gasteiger partial charge in [0, 0.05) is 42.8 Å². The highest BCUT2D eigenvalue weighted by atomic mass is 16.1. The van der Waals surface area contributed by atoms with Crippen LogP contribution in [0.5, 0.6) is 0 Å². The van der Waals surface area contributed by atoms with Crippen molar-refractivity contribution in [3.05, 3.63) is 58.7 Å². The molecule has 0 bridgehead atoms. The summed E-state index contributed by atoms with van der Waals surface area (Å²) in [4.78, 5) is 11.7. The van der Waals surface area contributed by atoms with E-state index in [2.05, 4.69) is 10.6 Å². The van der Waals surface area contributed by atoms with E-state index < -0.39 is 0 Å². The van der Waals surface area contributed by atoms with E-state index in [0.29, 0.717) is 11.3 Å². The molecule has 0 spiro atoms. The average Bonchev–Trinajstić information content (AvgIpc) is 2.59. The van der Waals surface area contributed by atoms with Crippen LogP contribution in [-0.4, -0.2) is 26.2 Å². The predicted octanol–water partition coefficient (Wildman–Crippen LogP) is 2.45. The van der Waals surface area contributed by atoms with Crippen molar-refractivity contribution < 1.29 is 4.79 Å². The topological polar surface area (TPSA) is 91.0 Å². The number of benzene rings is 2. The Kier molecular flexibility index (Phi) is 5.36. The molecule has 0 heterocycles. The molecule has 120 valence electrons. The molecule has 0 aliphatic rings. The second-order valence-corrected chi connectivity index (χ2v) is 5.31. The molecule has 5 N–H and O–H groups in total. The molecule has 0 unspecified atom stereocenters. The Morgan fingerprint density at radius 2 is 1.96 bits per heavy atom. The molecule has 2 rings (SSSR count). The molecule has 0 saturated heterocycles. The Bertz CT molecular complexity index is 725. The summed E-state index contributed by atoms with van der Waals surface area (Å²) in [6.45, 7) is 0. The minimum atomic E-state index is -0.115. The molecule has 0 radical (unpaired) electrons. The summed E-state index contributed by atoms with van der Waals surface area (Å²) in [5, 5.41) is 13.2. The van der Waals surface area contributed by atoms with Gasteiger partial charge in [0.2, 0.25) is 0 Å². The van der Waals surface area contributed by atoms with E-state index in [-0.39, 0.29) is 5.91 Å². The molecule has 0 saturated carbocycles. The van der Waals surface area contributed by atoms with Gasteiger partial charge >= 0.3 is 0 Å². The average molecular weight is 310 g/mol. The fourth-order valence-electron chi connectivity index (χ4n) is 2.50. The Labute approximate surface area is 136 Å². The van der Waals surface area contributed by atoms with Crippen molar-refractivity contribution in [2.24, 2.45) is 0 Å². The Morgan fingerprint density at radius 3 is 2.61 bits per heavy atom. The zero-order valence-electron chi connectivity index (χ0n) is 13.4. The lowest BCUT2D eigenvalue weighted by Gasteiger charge is -2.10. The van der Waals surface area contributed by atoms with E-state index in [1.165, 1.54) is 6.21 Å². The largest absolute Gasteiger partial charge is 0.399 e. The number of rotatable bonds is 6. The van der Waals surface area contributed by atoms with E-state index in [4.69, 9.17) is 11.1 Å². The Morgan fingerprint density at radius 1 is 1.17 bits per heavy atom. The van der Waals surface area contributed by atoms with Crippen LogP contribution >= 0.6 is 0 Å². The molecule has 0 aliphatic carbocycles. The molecule has 23 heavy (non-hydrogen) atoms. The minimum absolute atomic E-state index is 0.115. The maximum absolute atomic E-state index is 11.7. The van der Waals surface area contributed by atoms with E-state index in [1.807, 2.05) is 31.3 Å². The van der Waals surface area contributed by atoms with Gasteiger partial charge in [0.25, 0.3) is 5.91 Å². The molecule has 5 heteroatoms. The normalized spacial score (nSPS) is 10.2. The monoisotopic (exact) mass is 310 g/mol. The summed E-state index contributed by atoms with van der Waals surface area (Å²) in [5.74, 6) is -0.115. The number of aryl methyl sites for hydroxylation is 2. The highest BCUT2D eigenvalue weighted by Gasteiger charge is 2.08. The van der Waals surface area contributed by atoms with Crippen LogP contribution in [0.25, 0.3) is 0 Å². The van der Waals surface area contributed by atoms with Gasteiger partial charge in [-0.1, -0.05) is 6.07 Å². The first kappa shape index (κ1) is 16.5. The molecule has 0 fully saturated rings. The lowest BCUT2D eigenvalue weighted by atomic mass is 9.99. The highest BCUT2D eigenvalue weighted by molar-refractivity contribution is 5.94. The van der Waals surface area contributed by atoms with Crippen molar-refractivity contribution in [1.82, 2.24) is 5.32 Å². The molecular formula is C18H22N4O. The predicted molar refractivity (Wildman–Crippen MR) is 95.5 cm³/mol. The summed E-state index contributed by atoms with van der Waals surface area (Å²) in [5.41, 5.74) is 11.2. The van der Waals surface area contributed by atoms with Crippen LogP contribution in [0.2, 0.25) is 0 Å². The third-order valence-electron chi connectivity index (χ3n) is 3.86. The van der Waals surface area contributed by atoms with Gasteiger partial charge in [-0.05, 0) is 54.3 Å². The van der Waals surface area contributed by atoms with Gasteiger partial charge in [0.15, 0.2) is 0 Å². The van der Waals surface area contributed by atoms with Crippen molar-refractivity contribution in [1.29, 1.82) is 5.41 Å². The third kappa shape index (κ3) is 3.88. The first-order valence-electron chi connectivity index (χ1n) is 7.50. The molecule has 2 aromatic rings. The second-order valence-electron chi connectivity index (χ2n) is 5.31. The number of hydrogen-bond donors (Lipinski definition) is 4. The summed E-state index contributed by atoms with van der Waals surface area (Å²) in [7, 11) is 3.45. The van der Waals surface area contributed by atoms with E-state index in [9.17, 15) is 4.79 Å². The van der Waals surface area contributed by atoms with Crippen molar-refractivity contribution in [3.8, 4) is 0 Å². The number of hydrogen-bond acceptors (Lipinski definition) is 4. The fraction of sp³-hybridized carbons (Fsp3) is 0.222. The summed E-state index contributed by atoms with van der Waals surface area (Å²) in [6, 6.07) is 11.3. The first-order valence-corrected chi connectivity index (χ1v) is 7.50. The van der Waals surface area contributed by atoms with Crippen LogP contribution in [0.3, 0.4) is 0 Å². The van der Waals surface area contributed by atoms with Crippen LogP contribution < -0.4 is 16.4 Å². The zero-order valence-corrected chi connectivity index (χ0v) is 13.4. The second kappa shape index (κ2) is 7.45. The Balaban J connectivity index is 2.17. The summed E-state index contributed by atoms with van der Waals surface area (Å²) < 4.78 is 0. The molecule has 0 atom stereocenters. The van der Waals surface area contributed by atoms with E-state index in [0.717, 1.165) is 35.2 Å². The third-order valence-corrected chi connectivity index (χ3v) is 3.86. The molecule has 5 nitrogen and oxygen atoms in total. The van der Waals surface area contributed by atoms with Crippen LogP contribution in [0, 0.1) is 5.41 Å². The number of nitrogen functional groups attached to an aromatic ring is 1. The van der Waals surface area contributed by atoms with Gasteiger partial charge in [-0.25, -0.2) is 0 Å². The smallest absolute Gasteiger partial charge is 0.251 e. The highest BCUT2D eigenvalue weighted by Crippen LogP contribution is 2.20.